The predicted molar refractivity (Wildman–Crippen MR) is 395 cm³/mol. The highest BCUT2D eigenvalue weighted by Gasteiger charge is 2.30. The number of phosphoric acid groups is 2. The van der Waals surface area contributed by atoms with E-state index >= 15 is 0 Å². The van der Waals surface area contributed by atoms with E-state index in [-0.39, 0.29) is 25.7 Å². The van der Waals surface area contributed by atoms with Gasteiger partial charge in [0.15, 0.2) is 12.2 Å². The zero-order chi connectivity index (χ0) is 71.2. The summed E-state index contributed by atoms with van der Waals surface area (Å²) in [6.07, 6.45) is 61.1. The standard InChI is InChI=1S/C78H152O17P2/c1-6-9-12-15-18-20-22-24-26-27-28-31-35-38-42-47-52-57-62-76(81)89-68-74(95-78(83)64-59-54-49-44-40-36-32-29-30-33-37-41-46-50-55-60-71(4)5)70-93-97(86,87)91-66-72(79)65-90-96(84,85)92-69-73(67-88-75(80)61-56-51-45-17-14-11-8-3)94-77(82)63-58-53-48-43-39-34-25-23-21-19-16-13-10-7-2/h71-74,79H,6-70H2,1-5H3,(H,84,85)(H,86,87)/t72-,73+,74+/m0/s1. The molecule has 0 heterocycles. The van der Waals surface area contributed by atoms with E-state index in [0.29, 0.717) is 25.7 Å². The van der Waals surface area contributed by atoms with Crippen LogP contribution in [0.15, 0.2) is 0 Å². The molecule has 0 aromatic carbocycles. The Morgan fingerprint density at radius 3 is 0.701 bits per heavy atom. The number of phosphoric ester groups is 2. The number of carbonyl (C=O) groups excluding carboxylic acids is 4. The van der Waals surface area contributed by atoms with Gasteiger partial charge in [0.05, 0.1) is 26.4 Å². The molecule has 0 saturated heterocycles. The van der Waals surface area contributed by atoms with Crippen molar-refractivity contribution in [2.75, 3.05) is 39.6 Å². The second kappa shape index (κ2) is 71.1. The molecule has 3 N–H and O–H groups in total. The van der Waals surface area contributed by atoms with Crippen LogP contribution in [-0.4, -0.2) is 96.7 Å². The molecule has 0 saturated carbocycles. The lowest BCUT2D eigenvalue weighted by Crippen LogP contribution is -2.30. The van der Waals surface area contributed by atoms with Crippen molar-refractivity contribution < 1.29 is 80.2 Å². The van der Waals surface area contributed by atoms with Gasteiger partial charge in [0, 0.05) is 25.7 Å². The Labute approximate surface area is 594 Å². The first-order chi connectivity index (χ1) is 47.0. The summed E-state index contributed by atoms with van der Waals surface area (Å²) >= 11 is 0. The number of rotatable bonds is 78. The van der Waals surface area contributed by atoms with Crippen LogP contribution in [-0.2, 0) is 65.4 Å². The summed E-state index contributed by atoms with van der Waals surface area (Å²) in [7, 11) is -9.91. The lowest BCUT2D eigenvalue weighted by Gasteiger charge is -2.21. The number of hydrogen-bond acceptors (Lipinski definition) is 15. The van der Waals surface area contributed by atoms with Crippen LogP contribution in [0.4, 0.5) is 0 Å². The van der Waals surface area contributed by atoms with Crippen molar-refractivity contribution in [1.29, 1.82) is 0 Å². The Hall–Kier alpha value is -1.94. The third-order valence-corrected chi connectivity index (χ3v) is 20.2. The second-order valence-corrected chi connectivity index (χ2v) is 31.5. The summed E-state index contributed by atoms with van der Waals surface area (Å²) in [6.45, 7) is 7.30. The smallest absolute Gasteiger partial charge is 0.462 e. The van der Waals surface area contributed by atoms with E-state index < -0.39 is 97.5 Å². The largest absolute Gasteiger partial charge is 0.472 e. The molecule has 0 amide bonds. The minimum Gasteiger partial charge on any atom is -0.462 e. The first-order valence-corrected chi connectivity index (χ1v) is 43.6. The monoisotopic (exact) mass is 1420 g/mol. The van der Waals surface area contributed by atoms with E-state index in [0.717, 1.165) is 109 Å². The van der Waals surface area contributed by atoms with E-state index in [9.17, 15) is 43.2 Å². The van der Waals surface area contributed by atoms with Gasteiger partial charge < -0.3 is 33.8 Å². The lowest BCUT2D eigenvalue weighted by atomic mass is 10.0. The number of hydrogen-bond donors (Lipinski definition) is 3. The van der Waals surface area contributed by atoms with Crippen LogP contribution in [0.25, 0.3) is 0 Å². The summed E-state index contributed by atoms with van der Waals surface area (Å²) in [5.41, 5.74) is 0. The molecular formula is C78H152O17P2. The Morgan fingerprint density at radius 1 is 0.278 bits per heavy atom. The van der Waals surface area contributed by atoms with Crippen LogP contribution in [0.5, 0.6) is 0 Å². The van der Waals surface area contributed by atoms with Crippen LogP contribution in [0.2, 0.25) is 0 Å². The fourth-order valence-corrected chi connectivity index (χ4v) is 13.6. The molecule has 19 heteroatoms. The maximum atomic E-state index is 13.1. The highest BCUT2D eigenvalue weighted by atomic mass is 31.2. The fourth-order valence-electron chi connectivity index (χ4n) is 12.1. The number of ether oxygens (including phenoxy) is 4. The molecule has 576 valence electrons. The molecule has 0 aromatic rings. The molecular weight excluding hydrogens is 1270 g/mol. The summed E-state index contributed by atoms with van der Waals surface area (Å²) in [5, 5.41) is 10.6. The topological polar surface area (TPSA) is 237 Å². The van der Waals surface area contributed by atoms with Gasteiger partial charge in [-0.05, 0) is 31.6 Å². The van der Waals surface area contributed by atoms with Gasteiger partial charge >= 0.3 is 39.5 Å². The number of unbranched alkanes of at least 4 members (excludes halogenated alkanes) is 50. The van der Waals surface area contributed by atoms with Crippen molar-refractivity contribution in [1.82, 2.24) is 0 Å². The second-order valence-electron chi connectivity index (χ2n) is 28.6. The van der Waals surface area contributed by atoms with Gasteiger partial charge in [-0.2, -0.15) is 0 Å². The third kappa shape index (κ3) is 72.2. The van der Waals surface area contributed by atoms with Gasteiger partial charge in [-0.3, -0.25) is 37.3 Å². The maximum Gasteiger partial charge on any atom is 0.472 e. The zero-order valence-electron chi connectivity index (χ0n) is 63.2. The molecule has 0 aromatic heterocycles. The van der Waals surface area contributed by atoms with E-state index in [4.69, 9.17) is 37.0 Å². The molecule has 0 bridgehead atoms. The Balaban J connectivity index is 5.18. The van der Waals surface area contributed by atoms with Gasteiger partial charge in [-0.1, -0.05) is 362 Å². The average Bonchev–Trinajstić information content (AvgIpc) is 1.52. The Bertz CT molecular complexity index is 1860. The number of aliphatic hydroxyl groups excluding tert-OH is 1. The van der Waals surface area contributed by atoms with E-state index in [2.05, 4.69) is 34.6 Å². The van der Waals surface area contributed by atoms with Crippen molar-refractivity contribution in [3.8, 4) is 0 Å². The predicted octanol–water partition coefficient (Wildman–Crippen LogP) is 23.3. The Kier molecular flexibility index (Phi) is 69.6. The fraction of sp³-hybridized carbons (Fsp3) is 0.949. The average molecular weight is 1420 g/mol. The summed E-state index contributed by atoms with van der Waals surface area (Å²) < 4.78 is 68.5. The molecule has 0 fully saturated rings. The molecule has 5 atom stereocenters. The van der Waals surface area contributed by atoms with Crippen molar-refractivity contribution in [3.63, 3.8) is 0 Å². The van der Waals surface area contributed by atoms with Crippen molar-refractivity contribution >= 4 is 39.5 Å². The van der Waals surface area contributed by atoms with Crippen molar-refractivity contribution in [2.24, 2.45) is 5.92 Å². The molecule has 0 aliphatic heterocycles. The van der Waals surface area contributed by atoms with Gasteiger partial charge in [0.2, 0.25) is 0 Å². The number of carbonyl (C=O) groups is 4. The molecule has 97 heavy (non-hydrogen) atoms. The quantitative estimate of drug-likeness (QED) is 0.0222. The van der Waals surface area contributed by atoms with E-state index in [1.54, 1.807) is 0 Å². The van der Waals surface area contributed by atoms with Crippen molar-refractivity contribution in [2.45, 2.75) is 432 Å². The normalized spacial score (nSPS) is 13.9. The van der Waals surface area contributed by atoms with E-state index in [1.807, 2.05) is 0 Å². The lowest BCUT2D eigenvalue weighted by molar-refractivity contribution is -0.161. The first-order valence-electron chi connectivity index (χ1n) is 40.6. The maximum absolute atomic E-state index is 13.1. The minimum absolute atomic E-state index is 0.108. The third-order valence-electron chi connectivity index (χ3n) is 18.3. The molecule has 0 rings (SSSR count). The summed E-state index contributed by atoms with van der Waals surface area (Å²) in [5.74, 6) is -1.31. The number of aliphatic hydroxyl groups is 1. The molecule has 0 aliphatic rings. The summed E-state index contributed by atoms with van der Waals surface area (Å²) in [4.78, 5) is 72.8. The van der Waals surface area contributed by atoms with Crippen molar-refractivity contribution in [3.05, 3.63) is 0 Å². The van der Waals surface area contributed by atoms with Gasteiger partial charge in [0.25, 0.3) is 0 Å². The van der Waals surface area contributed by atoms with Gasteiger partial charge in [-0.15, -0.1) is 0 Å². The molecule has 0 spiro atoms. The molecule has 0 radical (unpaired) electrons. The van der Waals surface area contributed by atoms with E-state index in [1.165, 1.54) is 225 Å². The molecule has 17 nitrogen and oxygen atoms in total. The minimum atomic E-state index is -4.96. The van der Waals surface area contributed by atoms with Crippen LogP contribution in [0.3, 0.4) is 0 Å². The Morgan fingerprint density at radius 2 is 0.474 bits per heavy atom. The highest BCUT2D eigenvalue weighted by Crippen LogP contribution is 2.45. The number of esters is 4. The zero-order valence-corrected chi connectivity index (χ0v) is 65.0. The molecule has 2 unspecified atom stereocenters. The van der Waals surface area contributed by atoms with Crippen LogP contribution in [0, 0.1) is 5.92 Å². The van der Waals surface area contributed by atoms with Crippen LogP contribution in [0.1, 0.15) is 413 Å². The molecule has 0 aliphatic carbocycles. The first kappa shape index (κ1) is 95.1. The van der Waals surface area contributed by atoms with Crippen LogP contribution >= 0.6 is 15.6 Å². The summed E-state index contributed by atoms with van der Waals surface area (Å²) in [6, 6.07) is 0. The SMILES string of the molecule is CCCCCCCCCCCCCCCCCCCCC(=O)OC[C@H](COP(=O)(O)OC[C@@H](O)COP(=O)(O)OC[C@@H](COC(=O)CCCCCCCCC)OC(=O)CCCCCCCCCCCCCCCC)OC(=O)CCCCCCCCCCCCCCCCCC(C)C. The van der Waals surface area contributed by atoms with Gasteiger partial charge in [-0.25, -0.2) is 9.13 Å². The van der Waals surface area contributed by atoms with Crippen LogP contribution < -0.4 is 0 Å². The highest BCUT2D eigenvalue weighted by molar-refractivity contribution is 7.47. The van der Waals surface area contributed by atoms with Gasteiger partial charge in [0.1, 0.15) is 19.3 Å².